The summed E-state index contributed by atoms with van der Waals surface area (Å²) in [5, 5.41) is 10.6. The Morgan fingerprint density at radius 2 is 1.60 bits per heavy atom. The van der Waals surface area contributed by atoms with E-state index in [1.807, 2.05) is 97.5 Å². The van der Waals surface area contributed by atoms with Crippen LogP contribution in [0.5, 0.6) is 5.75 Å². The average molecular weight is 747 g/mol. The predicted molar refractivity (Wildman–Crippen MR) is 210 cm³/mol. The van der Waals surface area contributed by atoms with Gasteiger partial charge in [0.15, 0.2) is 0 Å². The van der Waals surface area contributed by atoms with Crippen LogP contribution in [0.2, 0.25) is 5.02 Å². The van der Waals surface area contributed by atoms with E-state index in [-0.39, 0.29) is 5.82 Å². The SMILES string of the molecule is Cc1nn(C)c(C)c1-c1c(Cl)ccc2c(CCCOc3cccc4cc(F)ccc34)c(C(=O)OC(C)(C)C)n(CCCCCNC(=O)OC(C)(C)C)c12. The van der Waals surface area contributed by atoms with Crippen LogP contribution in [-0.4, -0.2) is 50.8 Å². The standard InChI is InChI=1S/C42H52ClFN4O5/c1-26-35(27(2)47(9)46-26)36-33(43)21-20-32-31(16-14-24-51-34-17-13-15-28-25-29(44)18-19-30(28)34)38(39(49)52-41(3,4)5)48(37(32)36)23-12-10-11-22-45-40(50)53-42(6,7)8/h13,15,17-21,25H,10-12,14,16,22-24H2,1-9H3,(H,45,50). The first kappa shape index (κ1) is 39.6. The fourth-order valence-corrected chi connectivity index (χ4v) is 7.01. The summed E-state index contributed by atoms with van der Waals surface area (Å²) in [6.45, 7) is 16.5. The molecule has 5 aromatic rings. The lowest BCUT2D eigenvalue weighted by Crippen LogP contribution is -2.33. The van der Waals surface area contributed by atoms with E-state index in [1.54, 1.807) is 6.07 Å². The van der Waals surface area contributed by atoms with Crippen LogP contribution in [0, 0.1) is 19.7 Å². The van der Waals surface area contributed by atoms with Crippen molar-refractivity contribution in [3.63, 3.8) is 0 Å². The van der Waals surface area contributed by atoms with Crippen molar-refractivity contribution >= 4 is 45.3 Å². The number of hydrogen-bond acceptors (Lipinski definition) is 6. The summed E-state index contributed by atoms with van der Waals surface area (Å²) < 4.78 is 35.5. The van der Waals surface area contributed by atoms with Gasteiger partial charge in [0.25, 0.3) is 0 Å². The molecule has 0 aliphatic heterocycles. The van der Waals surface area contributed by atoms with Crippen LogP contribution in [-0.2, 0) is 29.5 Å². The van der Waals surface area contributed by atoms with Gasteiger partial charge in [0.2, 0.25) is 0 Å². The van der Waals surface area contributed by atoms with E-state index in [0.29, 0.717) is 49.0 Å². The van der Waals surface area contributed by atoms with Crippen molar-refractivity contribution < 1.29 is 28.2 Å². The topological polar surface area (TPSA) is 96.6 Å². The van der Waals surface area contributed by atoms with E-state index < -0.39 is 23.3 Å². The number of aryl methyl sites for hydroxylation is 4. The van der Waals surface area contributed by atoms with Gasteiger partial charge in [0, 0.05) is 47.7 Å². The highest BCUT2D eigenvalue weighted by Crippen LogP contribution is 2.42. The van der Waals surface area contributed by atoms with E-state index in [9.17, 15) is 14.0 Å². The molecule has 0 spiro atoms. The minimum absolute atomic E-state index is 0.297. The predicted octanol–water partition coefficient (Wildman–Crippen LogP) is 10.3. The number of unbranched alkanes of at least 4 members (excludes halogenated alkanes) is 2. The van der Waals surface area contributed by atoms with E-state index >= 15 is 0 Å². The lowest BCUT2D eigenvalue weighted by Gasteiger charge is -2.21. The smallest absolute Gasteiger partial charge is 0.407 e. The Morgan fingerprint density at radius 3 is 2.28 bits per heavy atom. The van der Waals surface area contributed by atoms with Crippen molar-refractivity contribution in [2.75, 3.05) is 13.2 Å². The summed E-state index contributed by atoms with van der Waals surface area (Å²) >= 11 is 7.08. The van der Waals surface area contributed by atoms with Crippen molar-refractivity contribution in [2.24, 2.45) is 7.05 Å². The normalized spacial score (nSPS) is 12.1. The molecule has 0 fully saturated rings. The molecule has 1 N–H and O–H groups in total. The largest absolute Gasteiger partial charge is 0.493 e. The van der Waals surface area contributed by atoms with Crippen molar-refractivity contribution in [3.8, 4) is 16.9 Å². The number of alkyl carbamates (subject to hydrolysis) is 1. The zero-order valence-corrected chi connectivity index (χ0v) is 33.2. The van der Waals surface area contributed by atoms with Gasteiger partial charge in [-0.2, -0.15) is 5.10 Å². The number of halogens is 2. The van der Waals surface area contributed by atoms with Gasteiger partial charge in [0.1, 0.15) is 28.5 Å². The van der Waals surface area contributed by atoms with Gasteiger partial charge in [-0.1, -0.05) is 29.8 Å². The number of rotatable bonds is 13. The molecule has 3 aromatic carbocycles. The van der Waals surface area contributed by atoms with Crippen LogP contribution in [0.4, 0.5) is 9.18 Å². The third kappa shape index (κ3) is 9.51. The molecule has 5 rings (SSSR count). The molecule has 0 aliphatic rings. The Hall–Kier alpha value is -4.57. The number of benzene rings is 3. The maximum absolute atomic E-state index is 14.3. The molecule has 0 saturated heterocycles. The summed E-state index contributed by atoms with van der Waals surface area (Å²) in [5.74, 6) is -0.0293. The van der Waals surface area contributed by atoms with Crippen LogP contribution in [0.3, 0.4) is 0 Å². The molecule has 53 heavy (non-hydrogen) atoms. The van der Waals surface area contributed by atoms with Crippen molar-refractivity contribution in [3.05, 3.63) is 82.0 Å². The molecule has 284 valence electrons. The van der Waals surface area contributed by atoms with Crippen LogP contribution in [0.25, 0.3) is 32.8 Å². The van der Waals surface area contributed by atoms with Gasteiger partial charge in [-0.3, -0.25) is 4.68 Å². The summed E-state index contributed by atoms with van der Waals surface area (Å²) in [6.07, 6.45) is 2.96. The zero-order chi connectivity index (χ0) is 38.7. The van der Waals surface area contributed by atoms with Crippen LogP contribution in [0.15, 0.2) is 48.5 Å². The van der Waals surface area contributed by atoms with Gasteiger partial charge in [-0.05, 0) is 129 Å². The molecule has 9 nitrogen and oxygen atoms in total. The number of ether oxygens (including phenoxy) is 3. The number of hydrogen-bond donors (Lipinski definition) is 1. The number of nitrogens with one attached hydrogen (secondary N) is 1. The molecule has 0 unspecified atom stereocenters. The lowest BCUT2D eigenvalue weighted by atomic mass is 9.98. The Balaban J connectivity index is 1.51. The number of nitrogens with zero attached hydrogens (tertiary/aromatic N) is 3. The monoisotopic (exact) mass is 746 g/mol. The Morgan fingerprint density at radius 1 is 0.887 bits per heavy atom. The first-order valence-electron chi connectivity index (χ1n) is 18.3. The highest BCUT2D eigenvalue weighted by atomic mass is 35.5. The molecule has 0 aliphatic carbocycles. The van der Waals surface area contributed by atoms with Crippen molar-refractivity contribution in [2.45, 2.75) is 105 Å². The second-order valence-corrected chi connectivity index (χ2v) is 15.9. The number of esters is 1. The molecule has 0 bridgehead atoms. The first-order chi connectivity index (χ1) is 24.9. The quantitative estimate of drug-likeness (QED) is 0.0952. The van der Waals surface area contributed by atoms with E-state index in [0.717, 1.165) is 69.0 Å². The van der Waals surface area contributed by atoms with E-state index in [2.05, 4.69) is 9.88 Å². The highest BCUT2D eigenvalue weighted by Gasteiger charge is 2.30. The Labute approximate surface area is 316 Å². The molecule has 0 radical (unpaired) electrons. The van der Waals surface area contributed by atoms with Crippen molar-refractivity contribution in [1.82, 2.24) is 19.7 Å². The third-order valence-electron chi connectivity index (χ3n) is 8.99. The van der Waals surface area contributed by atoms with Gasteiger partial charge in [-0.25, -0.2) is 14.0 Å². The maximum Gasteiger partial charge on any atom is 0.407 e. The van der Waals surface area contributed by atoms with Gasteiger partial charge in [0.05, 0.1) is 22.8 Å². The minimum atomic E-state index is -0.725. The number of fused-ring (bicyclic) bond motifs is 2. The van der Waals surface area contributed by atoms with E-state index in [1.165, 1.54) is 12.1 Å². The molecule has 0 atom stereocenters. The molecule has 2 aromatic heterocycles. The summed E-state index contributed by atoms with van der Waals surface area (Å²) in [6, 6.07) is 14.1. The molecule has 11 heteroatoms. The summed E-state index contributed by atoms with van der Waals surface area (Å²) in [5.41, 5.74) is 4.48. The Bertz CT molecular complexity index is 2120. The van der Waals surface area contributed by atoms with Crippen LogP contribution in [0.1, 0.15) is 94.7 Å². The van der Waals surface area contributed by atoms with E-state index in [4.69, 9.17) is 30.9 Å². The number of amides is 1. The van der Waals surface area contributed by atoms with Crippen LogP contribution >= 0.6 is 11.6 Å². The lowest BCUT2D eigenvalue weighted by molar-refractivity contribution is 0.00562. The Kier molecular flexibility index (Phi) is 12.1. The number of carbonyl (C=O) groups is 2. The fourth-order valence-electron chi connectivity index (χ4n) is 6.76. The summed E-state index contributed by atoms with van der Waals surface area (Å²) in [7, 11) is 1.91. The third-order valence-corrected chi connectivity index (χ3v) is 9.30. The average Bonchev–Trinajstić information content (AvgIpc) is 3.50. The number of carbonyl (C=O) groups excluding carboxylic acids is 2. The van der Waals surface area contributed by atoms with Crippen molar-refractivity contribution in [1.29, 1.82) is 0 Å². The van der Waals surface area contributed by atoms with Gasteiger partial charge in [-0.15, -0.1) is 0 Å². The maximum atomic E-state index is 14.3. The number of aromatic nitrogens is 3. The molecule has 0 saturated carbocycles. The molecular formula is C42H52ClFN4O5. The van der Waals surface area contributed by atoms with Gasteiger partial charge >= 0.3 is 12.1 Å². The molecular weight excluding hydrogens is 695 g/mol. The zero-order valence-electron chi connectivity index (χ0n) is 32.4. The molecule has 1 amide bonds. The first-order valence-corrected chi connectivity index (χ1v) is 18.7. The summed E-state index contributed by atoms with van der Waals surface area (Å²) in [4.78, 5) is 26.5. The fraction of sp³-hybridized carbons (Fsp3) is 0.452. The molecule has 2 heterocycles. The van der Waals surface area contributed by atoms with Gasteiger partial charge < -0.3 is 24.1 Å². The minimum Gasteiger partial charge on any atom is -0.493 e. The highest BCUT2D eigenvalue weighted by molar-refractivity contribution is 6.35. The second-order valence-electron chi connectivity index (χ2n) is 15.5. The van der Waals surface area contributed by atoms with Crippen LogP contribution < -0.4 is 10.1 Å². The second kappa shape index (κ2) is 16.2.